The maximum absolute atomic E-state index is 5.23. The molecular formula is C7H17N3O. The van der Waals surface area contributed by atoms with E-state index in [0.29, 0.717) is 6.61 Å². The van der Waals surface area contributed by atoms with Crippen molar-refractivity contribution in [3.63, 3.8) is 0 Å². The Morgan fingerprint density at radius 2 is 2.18 bits per heavy atom. The van der Waals surface area contributed by atoms with E-state index in [4.69, 9.17) is 16.2 Å². The number of aliphatic imine (C=N–C) groups is 1. The summed E-state index contributed by atoms with van der Waals surface area (Å²) >= 11 is 0. The first-order valence-corrected chi connectivity index (χ1v) is 3.83. The summed E-state index contributed by atoms with van der Waals surface area (Å²) in [5.41, 5.74) is 10.3. The first-order chi connectivity index (χ1) is 5.16. The summed E-state index contributed by atoms with van der Waals surface area (Å²) in [4.78, 5) is 3.90. The Labute approximate surface area is 67.6 Å². The molecule has 0 spiro atoms. The number of nitrogens with two attached hydrogens (primary N) is 2. The van der Waals surface area contributed by atoms with Gasteiger partial charge < -0.3 is 16.2 Å². The summed E-state index contributed by atoms with van der Waals surface area (Å²) in [6, 6.07) is 0.0616. The van der Waals surface area contributed by atoms with Crippen LogP contribution >= 0.6 is 0 Å². The van der Waals surface area contributed by atoms with Crippen LogP contribution in [-0.4, -0.2) is 25.2 Å². The van der Waals surface area contributed by atoms with E-state index in [2.05, 4.69) is 11.9 Å². The second-order valence-electron chi connectivity index (χ2n) is 2.48. The van der Waals surface area contributed by atoms with Gasteiger partial charge in [-0.05, 0) is 13.3 Å². The van der Waals surface area contributed by atoms with Gasteiger partial charge in [-0.25, -0.2) is 4.99 Å². The minimum Gasteiger partial charge on any atom is -0.379 e. The van der Waals surface area contributed by atoms with Gasteiger partial charge in [-0.3, -0.25) is 0 Å². The SMILES string of the molecule is CCCOCC(C)N=C(N)N. The zero-order valence-corrected chi connectivity index (χ0v) is 7.21. The van der Waals surface area contributed by atoms with E-state index in [9.17, 15) is 0 Å². The molecule has 66 valence electrons. The second-order valence-corrected chi connectivity index (χ2v) is 2.48. The molecule has 1 unspecified atom stereocenters. The van der Waals surface area contributed by atoms with E-state index < -0.39 is 0 Å². The molecule has 0 amide bonds. The van der Waals surface area contributed by atoms with Crippen LogP contribution < -0.4 is 11.5 Å². The summed E-state index contributed by atoms with van der Waals surface area (Å²) in [5, 5.41) is 0. The molecular weight excluding hydrogens is 142 g/mol. The monoisotopic (exact) mass is 159 g/mol. The van der Waals surface area contributed by atoms with E-state index in [-0.39, 0.29) is 12.0 Å². The Kier molecular flexibility index (Phi) is 5.56. The summed E-state index contributed by atoms with van der Waals surface area (Å²) in [6.07, 6.45) is 1.02. The van der Waals surface area contributed by atoms with Gasteiger partial charge in [0.25, 0.3) is 0 Å². The molecule has 11 heavy (non-hydrogen) atoms. The third-order valence-electron chi connectivity index (χ3n) is 1.08. The van der Waals surface area contributed by atoms with Gasteiger partial charge in [0.05, 0.1) is 12.6 Å². The van der Waals surface area contributed by atoms with Crippen molar-refractivity contribution in [3.05, 3.63) is 0 Å². The van der Waals surface area contributed by atoms with Crippen LogP contribution in [0.5, 0.6) is 0 Å². The summed E-state index contributed by atoms with van der Waals surface area (Å²) in [7, 11) is 0. The standard InChI is InChI=1S/C7H17N3O/c1-3-4-11-5-6(2)10-7(8)9/h6H,3-5H2,1-2H3,(H4,8,9,10). The average Bonchev–Trinajstić information content (AvgIpc) is 1.86. The molecule has 1 atom stereocenters. The van der Waals surface area contributed by atoms with Gasteiger partial charge >= 0.3 is 0 Å². The lowest BCUT2D eigenvalue weighted by Crippen LogP contribution is -2.26. The summed E-state index contributed by atoms with van der Waals surface area (Å²) in [5.74, 6) is 0.123. The molecule has 0 aromatic rings. The van der Waals surface area contributed by atoms with E-state index in [0.717, 1.165) is 13.0 Å². The van der Waals surface area contributed by atoms with E-state index in [1.807, 2.05) is 6.92 Å². The topological polar surface area (TPSA) is 73.6 Å². The molecule has 0 radical (unpaired) electrons. The number of ether oxygens (including phenoxy) is 1. The molecule has 4 heteroatoms. The van der Waals surface area contributed by atoms with Crippen LogP contribution in [0.2, 0.25) is 0 Å². The molecule has 0 saturated heterocycles. The fraction of sp³-hybridized carbons (Fsp3) is 0.857. The highest BCUT2D eigenvalue weighted by molar-refractivity contribution is 5.75. The molecule has 0 rings (SSSR count). The molecule has 0 bridgehead atoms. The highest BCUT2D eigenvalue weighted by Crippen LogP contribution is 1.90. The molecule has 4 nitrogen and oxygen atoms in total. The van der Waals surface area contributed by atoms with Crippen molar-refractivity contribution in [1.29, 1.82) is 0 Å². The van der Waals surface area contributed by atoms with Gasteiger partial charge in [0.15, 0.2) is 5.96 Å². The Morgan fingerprint density at radius 3 is 2.64 bits per heavy atom. The second kappa shape index (κ2) is 5.97. The molecule has 0 fully saturated rings. The Balaban J connectivity index is 3.37. The molecule has 0 aromatic carbocycles. The molecule has 0 saturated carbocycles. The smallest absolute Gasteiger partial charge is 0.186 e. The summed E-state index contributed by atoms with van der Waals surface area (Å²) in [6.45, 7) is 5.33. The minimum absolute atomic E-state index is 0.0616. The number of hydrogen-bond acceptors (Lipinski definition) is 2. The Morgan fingerprint density at radius 1 is 1.55 bits per heavy atom. The quantitative estimate of drug-likeness (QED) is 0.339. The van der Waals surface area contributed by atoms with Crippen LogP contribution in [0.15, 0.2) is 4.99 Å². The Hall–Kier alpha value is -0.770. The first kappa shape index (κ1) is 10.2. The minimum atomic E-state index is 0.0616. The molecule has 0 heterocycles. The van der Waals surface area contributed by atoms with Crippen molar-refractivity contribution in [2.24, 2.45) is 16.5 Å². The molecule has 4 N–H and O–H groups in total. The summed E-state index contributed by atoms with van der Waals surface area (Å²) < 4.78 is 5.23. The van der Waals surface area contributed by atoms with E-state index in [1.54, 1.807) is 0 Å². The van der Waals surface area contributed by atoms with Gasteiger partial charge in [-0.1, -0.05) is 6.92 Å². The fourth-order valence-corrected chi connectivity index (χ4v) is 0.690. The number of rotatable bonds is 5. The first-order valence-electron chi connectivity index (χ1n) is 3.83. The highest BCUT2D eigenvalue weighted by Gasteiger charge is 1.97. The lowest BCUT2D eigenvalue weighted by Gasteiger charge is -2.06. The molecule has 0 aromatic heterocycles. The fourth-order valence-electron chi connectivity index (χ4n) is 0.690. The number of nitrogens with zero attached hydrogens (tertiary/aromatic N) is 1. The maximum Gasteiger partial charge on any atom is 0.186 e. The zero-order valence-electron chi connectivity index (χ0n) is 7.21. The molecule has 0 aliphatic carbocycles. The van der Waals surface area contributed by atoms with Gasteiger partial charge in [0, 0.05) is 6.61 Å². The van der Waals surface area contributed by atoms with Gasteiger partial charge in [-0.15, -0.1) is 0 Å². The van der Waals surface area contributed by atoms with Crippen LogP contribution in [0, 0.1) is 0 Å². The Bertz CT molecular complexity index is 121. The molecule has 0 aliphatic heterocycles. The van der Waals surface area contributed by atoms with Crippen LogP contribution in [0.3, 0.4) is 0 Å². The molecule has 0 aliphatic rings. The third kappa shape index (κ3) is 7.12. The maximum atomic E-state index is 5.23. The van der Waals surface area contributed by atoms with E-state index in [1.165, 1.54) is 0 Å². The van der Waals surface area contributed by atoms with Crippen LogP contribution in [0.4, 0.5) is 0 Å². The lowest BCUT2D eigenvalue weighted by molar-refractivity contribution is 0.125. The van der Waals surface area contributed by atoms with Gasteiger partial charge in [0.1, 0.15) is 0 Å². The van der Waals surface area contributed by atoms with Crippen molar-refractivity contribution >= 4 is 5.96 Å². The van der Waals surface area contributed by atoms with Crippen molar-refractivity contribution in [2.45, 2.75) is 26.3 Å². The highest BCUT2D eigenvalue weighted by atomic mass is 16.5. The van der Waals surface area contributed by atoms with E-state index >= 15 is 0 Å². The van der Waals surface area contributed by atoms with Crippen molar-refractivity contribution in [2.75, 3.05) is 13.2 Å². The van der Waals surface area contributed by atoms with Gasteiger partial charge in [-0.2, -0.15) is 0 Å². The number of hydrogen-bond donors (Lipinski definition) is 2. The predicted molar refractivity (Wildman–Crippen MR) is 46.4 cm³/mol. The number of guanidine groups is 1. The largest absolute Gasteiger partial charge is 0.379 e. The lowest BCUT2D eigenvalue weighted by atomic mass is 10.4. The zero-order chi connectivity index (χ0) is 8.69. The predicted octanol–water partition coefficient (Wildman–Crippen LogP) is 0.0749. The average molecular weight is 159 g/mol. The normalized spacial score (nSPS) is 12.5. The van der Waals surface area contributed by atoms with Crippen molar-refractivity contribution in [1.82, 2.24) is 0 Å². The van der Waals surface area contributed by atoms with Crippen LogP contribution in [0.25, 0.3) is 0 Å². The van der Waals surface area contributed by atoms with Crippen molar-refractivity contribution < 1.29 is 4.74 Å². The van der Waals surface area contributed by atoms with Crippen molar-refractivity contribution in [3.8, 4) is 0 Å². The third-order valence-corrected chi connectivity index (χ3v) is 1.08. The van der Waals surface area contributed by atoms with Gasteiger partial charge in [0.2, 0.25) is 0 Å². The van der Waals surface area contributed by atoms with Crippen LogP contribution in [0.1, 0.15) is 20.3 Å². The van der Waals surface area contributed by atoms with Crippen LogP contribution in [-0.2, 0) is 4.74 Å².